The number of pyridine rings is 2. The molecule has 1 saturated heterocycles. The third kappa shape index (κ3) is 3.19. The van der Waals surface area contributed by atoms with Crippen molar-refractivity contribution in [1.29, 1.82) is 0 Å². The summed E-state index contributed by atoms with van der Waals surface area (Å²) in [5.74, 6) is -0.503. The molecule has 0 spiro atoms. The Labute approximate surface area is 159 Å². The molecule has 0 bridgehead atoms. The van der Waals surface area contributed by atoms with Gasteiger partial charge in [-0.05, 0) is 26.0 Å². The highest BCUT2D eigenvalue weighted by Gasteiger charge is 2.23. The predicted molar refractivity (Wildman–Crippen MR) is 104 cm³/mol. The summed E-state index contributed by atoms with van der Waals surface area (Å²) in [6, 6.07) is 4.09. The maximum absolute atomic E-state index is 12.6. The summed E-state index contributed by atoms with van der Waals surface area (Å²) in [5.41, 5.74) is -0.417. The third-order valence-electron chi connectivity index (χ3n) is 4.57. The fourth-order valence-electron chi connectivity index (χ4n) is 3.52. The smallest absolute Gasteiger partial charge is 0.341 e. The number of fused-ring (bicyclic) bond motifs is 1. The standard InChI is InChI=1S/C18H19N5O3S/c1-10-7-22(8-11(2)20-10)14-4-3-12-15(24)13(17(25)26)9-23(16(12)21-14)18-19-5-6-27-18/h3-6,9-11,20H,7-8H2,1-2H3,(H,25,26)/t10-,11+. The van der Waals surface area contributed by atoms with Gasteiger partial charge in [-0.15, -0.1) is 11.3 Å². The second-order valence-corrected chi connectivity index (χ2v) is 7.65. The van der Waals surface area contributed by atoms with Crippen molar-refractivity contribution in [3.05, 3.63) is 45.7 Å². The van der Waals surface area contributed by atoms with Gasteiger partial charge in [-0.2, -0.15) is 0 Å². The Kier molecular flexibility index (Phi) is 4.40. The van der Waals surface area contributed by atoms with Gasteiger partial charge in [-0.3, -0.25) is 9.36 Å². The van der Waals surface area contributed by atoms with Gasteiger partial charge in [-0.25, -0.2) is 14.8 Å². The topological polar surface area (TPSA) is 100 Å². The van der Waals surface area contributed by atoms with Crippen LogP contribution in [0.15, 0.2) is 34.7 Å². The molecular formula is C18H19N5O3S. The number of thiazole rings is 1. The van der Waals surface area contributed by atoms with E-state index < -0.39 is 11.4 Å². The summed E-state index contributed by atoms with van der Waals surface area (Å²) in [5, 5.41) is 15.5. The van der Waals surface area contributed by atoms with Crippen molar-refractivity contribution in [3.63, 3.8) is 0 Å². The first kappa shape index (κ1) is 17.6. The van der Waals surface area contributed by atoms with Gasteiger partial charge in [0.15, 0.2) is 10.8 Å². The summed E-state index contributed by atoms with van der Waals surface area (Å²) in [7, 11) is 0. The van der Waals surface area contributed by atoms with Gasteiger partial charge in [0.05, 0.1) is 5.39 Å². The molecule has 140 valence electrons. The molecule has 0 aliphatic carbocycles. The van der Waals surface area contributed by atoms with Crippen molar-refractivity contribution in [2.45, 2.75) is 25.9 Å². The minimum Gasteiger partial charge on any atom is -0.477 e. The van der Waals surface area contributed by atoms with Crippen LogP contribution in [0.3, 0.4) is 0 Å². The van der Waals surface area contributed by atoms with Crippen molar-refractivity contribution in [1.82, 2.24) is 19.9 Å². The number of anilines is 1. The Bertz CT molecular complexity index is 1050. The number of aromatic nitrogens is 3. The van der Waals surface area contributed by atoms with E-state index in [0.717, 1.165) is 18.9 Å². The van der Waals surface area contributed by atoms with Crippen LogP contribution in [0.5, 0.6) is 0 Å². The number of rotatable bonds is 3. The summed E-state index contributed by atoms with van der Waals surface area (Å²) < 4.78 is 1.59. The molecule has 4 rings (SSSR count). The number of nitrogens with zero attached hydrogens (tertiary/aromatic N) is 4. The van der Waals surface area contributed by atoms with Gasteiger partial charge in [0, 0.05) is 42.9 Å². The monoisotopic (exact) mass is 385 g/mol. The van der Waals surface area contributed by atoms with Crippen LogP contribution < -0.4 is 15.6 Å². The minimum atomic E-state index is -1.26. The highest BCUT2D eigenvalue weighted by Crippen LogP contribution is 2.22. The molecule has 1 fully saturated rings. The lowest BCUT2D eigenvalue weighted by Gasteiger charge is -2.37. The van der Waals surface area contributed by atoms with Crippen LogP contribution in [0.1, 0.15) is 24.2 Å². The number of piperazine rings is 1. The van der Waals surface area contributed by atoms with Gasteiger partial charge in [0.25, 0.3) is 0 Å². The number of carbonyl (C=O) groups is 1. The maximum Gasteiger partial charge on any atom is 0.341 e. The zero-order chi connectivity index (χ0) is 19.1. The van der Waals surface area contributed by atoms with Crippen molar-refractivity contribution >= 4 is 34.2 Å². The molecule has 3 aromatic rings. The molecule has 0 saturated carbocycles. The number of aromatic carboxylic acids is 1. The van der Waals surface area contributed by atoms with E-state index >= 15 is 0 Å². The fourth-order valence-corrected chi connectivity index (χ4v) is 4.13. The van der Waals surface area contributed by atoms with E-state index in [4.69, 9.17) is 4.98 Å². The maximum atomic E-state index is 12.6. The quantitative estimate of drug-likeness (QED) is 0.708. The van der Waals surface area contributed by atoms with E-state index in [0.29, 0.717) is 22.9 Å². The van der Waals surface area contributed by atoms with Gasteiger partial charge >= 0.3 is 5.97 Å². The SMILES string of the molecule is C[C@@H]1CN(c2ccc3c(=O)c(C(=O)O)cn(-c4nccs4)c3n2)C[C@H](C)N1. The molecule has 3 aromatic heterocycles. The van der Waals surface area contributed by atoms with Gasteiger partial charge in [0.2, 0.25) is 5.43 Å². The van der Waals surface area contributed by atoms with E-state index in [1.807, 2.05) is 0 Å². The molecule has 1 aliphatic heterocycles. The number of carboxylic acid groups (broad SMARTS) is 1. The molecule has 27 heavy (non-hydrogen) atoms. The fraction of sp³-hybridized carbons (Fsp3) is 0.333. The second-order valence-electron chi connectivity index (χ2n) is 6.78. The average Bonchev–Trinajstić information content (AvgIpc) is 3.15. The Hall–Kier alpha value is -2.78. The van der Waals surface area contributed by atoms with Crippen molar-refractivity contribution in [2.75, 3.05) is 18.0 Å². The highest BCUT2D eigenvalue weighted by atomic mass is 32.1. The molecular weight excluding hydrogens is 366 g/mol. The van der Waals surface area contributed by atoms with Gasteiger partial charge in [-0.1, -0.05) is 0 Å². The predicted octanol–water partition coefficient (Wildman–Crippen LogP) is 1.73. The zero-order valence-electron chi connectivity index (χ0n) is 14.9. The van der Waals surface area contributed by atoms with Crippen LogP contribution in [0, 0.1) is 0 Å². The number of hydrogen-bond acceptors (Lipinski definition) is 7. The summed E-state index contributed by atoms with van der Waals surface area (Å²) in [4.78, 5) is 35.3. The first-order chi connectivity index (χ1) is 12.9. The molecule has 0 radical (unpaired) electrons. The lowest BCUT2D eigenvalue weighted by atomic mass is 10.1. The lowest BCUT2D eigenvalue weighted by Crippen LogP contribution is -2.54. The molecule has 9 heteroatoms. The molecule has 0 aromatic carbocycles. The number of nitrogens with one attached hydrogen (secondary N) is 1. The first-order valence-electron chi connectivity index (χ1n) is 8.64. The molecule has 2 N–H and O–H groups in total. The largest absolute Gasteiger partial charge is 0.477 e. The van der Waals surface area contributed by atoms with Crippen LogP contribution >= 0.6 is 11.3 Å². The Morgan fingerprint density at radius 3 is 2.67 bits per heavy atom. The van der Waals surface area contributed by atoms with E-state index in [2.05, 4.69) is 29.0 Å². The molecule has 4 heterocycles. The van der Waals surface area contributed by atoms with E-state index in [1.54, 1.807) is 28.3 Å². The van der Waals surface area contributed by atoms with Crippen molar-refractivity contribution < 1.29 is 9.90 Å². The Balaban J connectivity index is 1.92. The van der Waals surface area contributed by atoms with Gasteiger partial charge in [0.1, 0.15) is 11.4 Å². The van der Waals surface area contributed by atoms with Crippen molar-refractivity contribution in [3.8, 4) is 5.13 Å². The summed E-state index contributed by atoms with van der Waals surface area (Å²) >= 11 is 1.35. The minimum absolute atomic E-state index is 0.269. The van der Waals surface area contributed by atoms with Gasteiger partial charge < -0.3 is 15.3 Å². The normalized spacial score (nSPS) is 20.1. The van der Waals surface area contributed by atoms with Crippen molar-refractivity contribution in [2.24, 2.45) is 0 Å². The Morgan fingerprint density at radius 2 is 2.04 bits per heavy atom. The lowest BCUT2D eigenvalue weighted by molar-refractivity contribution is 0.0695. The Morgan fingerprint density at radius 1 is 1.30 bits per heavy atom. The molecule has 0 unspecified atom stereocenters. The molecule has 8 nitrogen and oxygen atoms in total. The van der Waals surface area contributed by atoms with E-state index in [-0.39, 0.29) is 10.9 Å². The number of carboxylic acids is 1. The molecule has 0 amide bonds. The van der Waals surface area contributed by atoms with E-state index in [1.165, 1.54) is 17.5 Å². The van der Waals surface area contributed by atoms with Crippen LogP contribution in [0.2, 0.25) is 0 Å². The zero-order valence-corrected chi connectivity index (χ0v) is 15.7. The second kappa shape index (κ2) is 6.75. The highest BCUT2D eigenvalue weighted by molar-refractivity contribution is 7.12. The summed E-state index contributed by atoms with van der Waals surface area (Å²) in [6.45, 7) is 5.85. The average molecular weight is 385 g/mol. The molecule has 1 aliphatic rings. The van der Waals surface area contributed by atoms with Crippen LogP contribution in [-0.4, -0.2) is 50.8 Å². The van der Waals surface area contributed by atoms with Crippen LogP contribution in [0.25, 0.3) is 16.2 Å². The molecule has 2 atom stereocenters. The summed E-state index contributed by atoms with van der Waals surface area (Å²) in [6.07, 6.45) is 2.94. The number of hydrogen-bond donors (Lipinski definition) is 2. The van der Waals surface area contributed by atoms with Crippen LogP contribution in [0.4, 0.5) is 5.82 Å². The van der Waals surface area contributed by atoms with Crippen LogP contribution in [-0.2, 0) is 0 Å². The first-order valence-corrected chi connectivity index (χ1v) is 9.52. The third-order valence-corrected chi connectivity index (χ3v) is 5.34. The van der Waals surface area contributed by atoms with E-state index in [9.17, 15) is 14.7 Å².